The van der Waals surface area contributed by atoms with Crippen molar-refractivity contribution in [3.63, 3.8) is 0 Å². The number of hydrogen-bond acceptors (Lipinski definition) is 7. The molecule has 14 heteroatoms. The normalized spacial score (nSPS) is 21.1. The van der Waals surface area contributed by atoms with Crippen LogP contribution in [0.4, 0.5) is 23.4 Å². The molecule has 0 amide bonds. The highest BCUT2D eigenvalue weighted by atomic mass is 32.2. The highest BCUT2D eigenvalue weighted by Gasteiger charge is 2.49. The van der Waals surface area contributed by atoms with E-state index in [1.807, 2.05) is 0 Å². The molecule has 1 saturated heterocycles. The zero-order chi connectivity index (χ0) is 24.0. The van der Waals surface area contributed by atoms with Crippen molar-refractivity contribution in [1.29, 1.82) is 0 Å². The molecule has 9 nitrogen and oxygen atoms in total. The number of nitrogens with zero attached hydrogens (tertiary/aromatic N) is 6. The number of aromatic nitrogens is 5. The van der Waals surface area contributed by atoms with Crippen LogP contribution in [0.3, 0.4) is 0 Å². The van der Waals surface area contributed by atoms with E-state index in [2.05, 4.69) is 24.8 Å². The summed E-state index contributed by atoms with van der Waals surface area (Å²) in [5.41, 5.74) is 0.570. The second kappa shape index (κ2) is 8.48. The first-order chi connectivity index (χ1) is 15.5. The van der Waals surface area contributed by atoms with Gasteiger partial charge in [-0.2, -0.15) is 5.10 Å². The van der Waals surface area contributed by atoms with Crippen LogP contribution in [0.2, 0.25) is 0 Å². The maximum absolute atomic E-state index is 14.7. The molecule has 4 heterocycles. The van der Waals surface area contributed by atoms with E-state index in [-0.39, 0.29) is 13.1 Å². The second-order valence-corrected chi connectivity index (χ2v) is 9.86. The van der Waals surface area contributed by atoms with Crippen LogP contribution in [0.15, 0.2) is 30.7 Å². The number of halogens is 4. The number of imidazole rings is 1. The van der Waals surface area contributed by atoms with E-state index in [0.717, 1.165) is 6.26 Å². The van der Waals surface area contributed by atoms with Crippen molar-refractivity contribution in [3.8, 4) is 11.4 Å². The van der Waals surface area contributed by atoms with Gasteiger partial charge in [0.25, 0.3) is 12.3 Å². The predicted molar refractivity (Wildman–Crippen MR) is 112 cm³/mol. The lowest BCUT2D eigenvalue weighted by Crippen LogP contribution is -2.56. The molecule has 0 spiro atoms. The summed E-state index contributed by atoms with van der Waals surface area (Å²) in [6, 6.07) is 4.13. The number of nitrogens with one attached hydrogen (secondary N) is 1. The van der Waals surface area contributed by atoms with Crippen LogP contribution in [0, 0.1) is 11.8 Å². The third kappa shape index (κ3) is 4.76. The number of anilines is 1. The summed E-state index contributed by atoms with van der Waals surface area (Å²) in [7, 11) is -3.64. The van der Waals surface area contributed by atoms with Gasteiger partial charge < -0.3 is 4.90 Å². The molecule has 0 unspecified atom stereocenters. The molecule has 3 aromatic rings. The van der Waals surface area contributed by atoms with Crippen molar-refractivity contribution in [2.75, 3.05) is 30.8 Å². The molecule has 1 N–H and O–H groups in total. The van der Waals surface area contributed by atoms with E-state index < -0.39 is 46.4 Å². The average Bonchev–Trinajstić information content (AvgIpc) is 3.17. The molecular weight excluding hydrogens is 466 g/mol. The van der Waals surface area contributed by atoms with Gasteiger partial charge in [-0.25, -0.2) is 50.2 Å². The fourth-order valence-corrected chi connectivity index (χ4v) is 4.30. The molecule has 4 rings (SSSR count). The highest BCUT2D eigenvalue weighted by molar-refractivity contribution is 7.88. The number of sulfonamides is 1. The topological polar surface area (TPSA) is 105 Å². The lowest BCUT2D eigenvalue weighted by molar-refractivity contribution is -0.108. The molecule has 1 fully saturated rings. The van der Waals surface area contributed by atoms with Gasteiger partial charge in [-0.3, -0.25) is 0 Å². The molecule has 2 atom stereocenters. The fourth-order valence-electron chi connectivity index (χ4n) is 3.80. The standard InChI is InChI=1S/C19H21F4N7O2S/c1-11-8-29(9-12(19(11,22)23)6-27-33(2,31)32)17-5-14(25-10-26-17)15-7-24-16-4-3-13(18(20)21)28-30(15)16/h3-5,7,10-12,18,27H,6,8-9H2,1-2H3/t11-,12+/m0/s1. The quantitative estimate of drug-likeness (QED) is 0.532. The highest BCUT2D eigenvalue weighted by Crippen LogP contribution is 2.39. The summed E-state index contributed by atoms with van der Waals surface area (Å²) in [6.45, 7) is 0.817. The molecule has 0 radical (unpaired) electrons. The third-order valence-corrected chi connectivity index (χ3v) is 6.26. The zero-order valence-corrected chi connectivity index (χ0v) is 18.5. The Hall–Kier alpha value is -2.87. The van der Waals surface area contributed by atoms with Crippen LogP contribution in [-0.4, -0.2) is 64.8 Å². The Morgan fingerprint density at radius 3 is 2.67 bits per heavy atom. The summed E-state index contributed by atoms with van der Waals surface area (Å²) in [4.78, 5) is 14.1. The van der Waals surface area contributed by atoms with E-state index in [4.69, 9.17) is 0 Å². The average molecular weight is 487 g/mol. The van der Waals surface area contributed by atoms with Crippen LogP contribution >= 0.6 is 0 Å². The number of alkyl halides is 4. The SMILES string of the molecule is C[C@H]1CN(c2cc(-c3cnc4ccc(C(F)F)nn34)ncn2)C[C@@H](CNS(C)(=O)=O)C1(F)F. The Labute approximate surface area is 186 Å². The maximum atomic E-state index is 14.7. The molecular formula is C19H21F4N7O2S. The van der Waals surface area contributed by atoms with Crippen molar-refractivity contribution in [2.45, 2.75) is 19.3 Å². The van der Waals surface area contributed by atoms with Gasteiger partial charge in [0.1, 0.15) is 23.5 Å². The van der Waals surface area contributed by atoms with E-state index in [0.29, 0.717) is 22.9 Å². The monoisotopic (exact) mass is 487 g/mol. The Kier molecular flexibility index (Phi) is 5.99. The van der Waals surface area contributed by atoms with E-state index in [1.54, 1.807) is 4.90 Å². The van der Waals surface area contributed by atoms with Gasteiger partial charge in [0.15, 0.2) is 5.65 Å². The predicted octanol–water partition coefficient (Wildman–Crippen LogP) is 2.38. The molecule has 33 heavy (non-hydrogen) atoms. The van der Waals surface area contributed by atoms with Crippen LogP contribution in [0.5, 0.6) is 0 Å². The Morgan fingerprint density at radius 2 is 1.97 bits per heavy atom. The lowest BCUT2D eigenvalue weighted by Gasteiger charge is -2.43. The van der Waals surface area contributed by atoms with Crippen LogP contribution in [0.1, 0.15) is 19.0 Å². The summed E-state index contributed by atoms with van der Waals surface area (Å²) in [5, 5.41) is 3.91. The van der Waals surface area contributed by atoms with Gasteiger partial charge in [0.05, 0.1) is 24.1 Å². The van der Waals surface area contributed by atoms with Crippen LogP contribution < -0.4 is 9.62 Å². The largest absolute Gasteiger partial charge is 0.355 e. The molecule has 0 saturated carbocycles. The summed E-state index contributed by atoms with van der Waals surface area (Å²) in [5.74, 6) is -5.09. The van der Waals surface area contributed by atoms with Gasteiger partial charge in [-0.15, -0.1) is 0 Å². The molecule has 3 aromatic heterocycles. The first-order valence-electron chi connectivity index (χ1n) is 9.98. The number of hydrogen-bond donors (Lipinski definition) is 1. The van der Waals surface area contributed by atoms with Crippen molar-refractivity contribution in [1.82, 2.24) is 29.3 Å². The minimum Gasteiger partial charge on any atom is -0.355 e. The van der Waals surface area contributed by atoms with Crippen molar-refractivity contribution in [2.24, 2.45) is 11.8 Å². The Morgan fingerprint density at radius 1 is 1.21 bits per heavy atom. The minimum absolute atomic E-state index is 0.0141. The molecule has 1 aliphatic heterocycles. The summed E-state index contributed by atoms with van der Waals surface area (Å²) >= 11 is 0. The third-order valence-electron chi connectivity index (χ3n) is 5.57. The fraction of sp³-hybridized carbons (Fsp3) is 0.474. The van der Waals surface area contributed by atoms with Gasteiger partial charge in [0.2, 0.25) is 10.0 Å². The zero-order valence-electron chi connectivity index (χ0n) is 17.7. The maximum Gasteiger partial charge on any atom is 0.282 e. The van der Waals surface area contributed by atoms with Gasteiger partial charge in [-0.1, -0.05) is 6.92 Å². The molecule has 0 aromatic carbocycles. The Balaban J connectivity index is 1.65. The first-order valence-corrected chi connectivity index (χ1v) is 11.9. The van der Waals surface area contributed by atoms with Crippen molar-refractivity contribution >= 4 is 21.5 Å². The minimum atomic E-state index is -3.64. The first kappa shape index (κ1) is 23.3. The van der Waals surface area contributed by atoms with E-state index >= 15 is 0 Å². The van der Waals surface area contributed by atoms with Gasteiger partial charge in [0, 0.05) is 31.6 Å². The van der Waals surface area contributed by atoms with Gasteiger partial charge >= 0.3 is 0 Å². The number of piperidine rings is 1. The van der Waals surface area contributed by atoms with Crippen molar-refractivity contribution < 1.29 is 26.0 Å². The lowest BCUT2D eigenvalue weighted by atomic mass is 9.86. The number of fused-ring (bicyclic) bond motifs is 1. The second-order valence-electron chi connectivity index (χ2n) is 8.03. The molecule has 0 aliphatic carbocycles. The van der Waals surface area contributed by atoms with Crippen LogP contribution in [0.25, 0.3) is 17.0 Å². The van der Waals surface area contributed by atoms with Gasteiger partial charge in [-0.05, 0) is 12.1 Å². The molecule has 178 valence electrons. The molecule has 0 bridgehead atoms. The smallest absolute Gasteiger partial charge is 0.282 e. The van der Waals surface area contributed by atoms with E-state index in [1.165, 1.54) is 42.2 Å². The van der Waals surface area contributed by atoms with Crippen LogP contribution in [-0.2, 0) is 10.0 Å². The summed E-state index contributed by atoms with van der Waals surface area (Å²) in [6.07, 6.45) is 0.812. The van der Waals surface area contributed by atoms with Crippen molar-refractivity contribution in [3.05, 3.63) is 36.4 Å². The Bertz CT molecular complexity index is 1270. The van der Waals surface area contributed by atoms with E-state index in [9.17, 15) is 26.0 Å². The number of rotatable bonds is 6. The molecule has 1 aliphatic rings. The summed E-state index contributed by atoms with van der Waals surface area (Å²) < 4.78 is 81.9.